The van der Waals surface area contributed by atoms with Crippen molar-refractivity contribution in [2.75, 3.05) is 7.05 Å². The van der Waals surface area contributed by atoms with Gasteiger partial charge in [-0.15, -0.1) is 0 Å². The molecule has 0 amide bonds. The van der Waals surface area contributed by atoms with Crippen molar-refractivity contribution in [2.24, 2.45) is 5.73 Å². The molecule has 0 bridgehead atoms. The van der Waals surface area contributed by atoms with Crippen LogP contribution in [0.1, 0.15) is 13.3 Å². The summed E-state index contributed by atoms with van der Waals surface area (Å²) in [4.78, 5) is 0. The fraction of sp³-hybridized carbons (Fsp3) is 0.333. The van der Waals surface area contributed by atoms with E-state index in [1.165, 1.54) is 5.57 Å². The topological polar surface area (TPSA) is 38.0 Å². The Balaban J connectivity index is 2.92. The van der Waals surface area contributed by atoms with Gasteiger partial charge in [0.05, 0.1) is 11.4 Å². The van der Waals surface area contributed by atoms with Crippen LogP contribution in [0.25, 0.3) is 0 Å². The minimum atomic E-state index is 0.834. The van der Waals surface area contributed by atoms with E-state index in [4.69, 9.17) is 5.73 Å². The van der Waals surface area contributed by atoms with Gasteiger partial charge >= 0.3 is 0 Å². The van der Waals surface area contributed by atoms with E-state index >= 15 is 0 Å². The Hall–Kier alpha value is -1.18. The van der Waals surface area contributed by atoms with Crippen LogP contribution in [0.4, 0.5) is 0 Å². The molecule has 3 N–H and O–H groups in total. The largest absolute Gasteiger partial charge is 0.397 e. The number of allylic oxidation sites excluding steroid dienone is 4. The van der Waals surface area contributed by atoms with Gasteiger partial charge in [-0.25, -0.2) is 0 Å². The molecule has 11 heavy (non-hydrogen) atoms. The van der Waals surface area contributed by atoms with Crippen LogP contribution in [0.15, 0.2) is 35.2 Å². The standard InChI is InChI=1S/C9H14N2/c1-7-4-3-5-8(10)9(6-7)11-2/h4-6,11H,3,10H2,1-2H3. The highest BCUT2D eigenvalue weighted by molar-refractivity contribution is 5.36. The molecule has 1 rings (SSSR count). The van der Waals surface area contributed by atoms with E-state index in [0.717, 1.165) is 17.8 Å². The monoisotopic (exact) mass is 150 g/mol. The molecule has 0 fully saturated rings. The highest BCUT2D eigenvalue weighted by Crippen LogP contribution is 2.11. The Labute approximate surface area is 67.5 Å². The summed E-state index contributed by atoms with van der Waals surface area (Å²) in [6.45, 7) is 2.07. The summed E-state index contributed by atoms with van der Waals surface area (Å²) in [7, 11) is 1.88. The van der Waals surface area contributed by atoms with E-state index < -0.39 is 0 Å². The smallest absolute Gasteiger partial charge is 0.0570 e. The summed E-state index contributed by atoms with van der Waals surface area (Å²) in [6, 6.07) is 0. The molecule has 0 aliphatic heterocycles. The van der Waals surface area contributed by atoms with Crippen LogP contribution >= 0.6 is 0 Å². The van der Waals surface area contributed by atoms with E-state index in [2.05, 4.69) is 24.4 Å². The van der Waals surface area contributed by atoms with Crippen LogP contribution in [0, 0.1) is 0 Å². The first kappa shape index (κ1) is 7.92. The van der Waals surface area contributed by atoms with Gasteiger partial charge in [0.25, 0.3) is 0 Å². The van der Waals surface area contributed by atoms with Crippen LogP contribution in [-0.4, -0.2) is 7.05 Å². The second kappa shape index (κ2) is 3.28. The predicted octanol–water partition coefficient (Wildman–Crippen LogP) is 1.28. The molecule has 0 aromatic rings. The average molecular weight is 150 g/mol. The van der Waals surface area contributed by atoms with Gasteiger partial charge in [-0.05, 0) is 19.4 Å². The average Bonchev–Trinajstić information content (AvgIpc) is 2.13. The molecule has 0 unspecified atom stereocenters. The summed E-state index contributed by atoms with van der Waals surface area (Å²) in [5.74, 6) is 0. The molecule has 0 radical (unpaired) electrons. The van der Waals surface area contributed by atoms with Gasteiger partial charge < -0.3 is 11.1 Å². The molecular weight excluding hydrogens is 136 g/mol. The van der Waals surface area contributed by atoms with Crippen molar-refractivity contribution in [1.82, 2.24) is 5.32 Å². The van der Waals surface area contributed by atoms with Gasteiger partial charge in [0.2, 0.25) is 0 Å². The number of hydrogen-bond donors (Lipinski definition) is 2. The highest BCUT2D eigenvalue weighted by Gasteiger charge is 2.00. The molecule has 0 saturated carbocycles. The van der Waals surface area contributed by atoms with E-state index in [1.807, 2.05) is 13.1 Å². The maximum atomic E-state index is 5.75. The van der Waals surface area contributed by atoms with Gasteiger partial charge in [-0.3, -0.25) is 0 Å². The fourth-order valence-electron chi connectivity index (χ4n) is 1.07. The van der Waals surface area contributed by atoms with E-state index in [9.17, 15) is 0 Å². The van der Waals surface area contributed by atoms with Crippen LogP contribution in [0.5, 0.6) is 0 Å². The number of rotatable bonds is 1. The lowest BCUT2D eigenvalue weighted by molar-refractivity contribution is 0.984. The third-order valence-electron chi connectivity index (χ3n) is 1.73. The predicted molar refractivity (Wildman–Crippen MR) is 47.8 cm³/mol. The maximum Gasteiger partial charge on any atom is 0.0570 e. The lowest BCUT2D eigenvalue weighted by Gasteiger charge is -2.04. The molecule has 0 atom stereocenters. The van der Waals surface area contributed by atoms with E-state index in [-0.39, 0.29) is 0 Å². The van der Waals surface area contributed by atoms with Crippen molar-refractivity contribution in [3.8, 4) is 0 Å². The number of likely N-dealkylation sites (N-methyl/N-ethyl adjacent to an activating group) is 1. The molecule has 0 saturated heterocycles. The third kappa shape index (κ3) is 1.87. The van der Waals surface area contributed by atoms with Crippen molar-refractivity contribution in [3.05, 3.63) is 35.2 Å². The number of nitrogens with two attached hydrogens (primary N) is 1. The molecular formula is C9H14N2. The van der Waals surface area contributed by atoms with E-state index in [1.54, 1.807) is 0 Å². The van der Waals surface area contributed by atoms with Crippen molar-refractivity contribution in [1.29, 1.82) is 0 Å². The minimum absolute atomic E-state index is 0.834. The Morgan fingerprint density at radius 2 is 2.18 bits per heavy atom. The molecule has 2 heteroatoms. The van der Waals surface area contributed by atoms with Crippen molar-refractivity contribution in [3.63, 3.8) is 0 Å². The molecule has 2 nitrogen and oxygen atoms in total. The molecule has 0 aromatic heterocycles. The molecule has 1 aliphatic carbocycles. The Bertz CT molecular complexity index is 234. The van der Waals surface area contributed by atoms with Crippen LogP contribution in [0.2, 0.25) is 0 Å². The van der Waals surface area contributed by atoms with Gasteiger partial charge in [-0.2, -0.15) is 0 Å². The van der Waals surface area contributed by atoms with E-state index in [0.29, 0.717) is 0 Å². The Kier molecular flexibility index (Phi) is 2.36. The van der Waals surface area contributed by atoms with Crippen LogP contribution < -0.4 is 11.1 Å². The van der Waals surface area contributed by atoms with Crippen molar-refractivity contribution >= 4 is 0 Å². The summed E-state index contributed by atoms with van der Waals surface area (Å²) >= 11 is 0. The zero-order valence-electron chi connectivity index (χ0n) is 7.02. The van der Waals surface area contributed by atoms with Gasteiger partial charge in [0.1, 0.15) is 0 Å². The second-order valence-corrected chi connectivity index (χ2v) is 2.65. The number of nitrogens with one attached hydrogen (secondary N) is 1. The summed E-state index contributed by atoms with van der Waals surface area (Å²) in [5, 5.41) is 3.05. The van der Waals surface area contributed by atoms with Crippen LogP contribution in [-0.2, 0) is 0 Å². The third-order valence-corrected chi connectivity index (χ3v) is 1.73. The normalized spacial score (nSPS) is 17.8. The van der Waals surface area contributed by atoms with Gasteiger partial charge in [0, 0.05) is 7.05 Å². The molecule has 0 heterocycles. The fourth-order valence-corrected chi connectivity index (χ4v) is 1.07. The summed E-state index contributed by atoms with van der Waals surface area (Å²) < 4.78 is 0. The first-order valence-electron chi connectivity index (χ1n) is 3.76. The molecule has 1 aliphatic rings. The number of hydrogen-bond acceptors (Lipinski definition) is 2. The Morgan fingerprint density at radius 3 is 2.82 bits per heavy atom. The van der Waals surface area contributed by atoms with Crippen molar-refractivity contribution < 1.29 is 0 Å². The second-order valence-electron chi connectivity index (χ2n) is 2.65. The first-order chi connectivity index (χ1) is 5.24. The lowest BCUT2D eigenvalue weighted by Crippen LogP contribution is -2.13. The molecule has 60 valence electrons. The maximum absolute atomic E-state index is 5.75. The zero-order valence-corrected chi connectivity index (χ0v) is 7.02. The highest BCUT2D eigenvalue weighted by atomic mass is 14.9. The minimum Gasteiger partial charge on any atom is -0.397 e. The van der Waals surface area contributed by atoms with Gasteiger partial charge in [0.15, 0.2) is 0 Å². The SMILES string of the molecule is CNC1=CC(C)=CCC=C1N. The summed E-state index contributed by atoms with van der Waals surface area (Å²) in [5.41, 5.74) is 8.85. The Morgan fingerprint density at radius 1 is 1.45 bits per heavy atom. The van der Waals surface area contributed by atoms with Crippen LogP contribution in [0.3, 0.4) is 0 Å². The quantitative estimate of drug-likeness (QED) is 0.591. The zero-order chi connectivity index (χ0) is 8.27. The van der Waals surface area contributed by atoms with Gasteiger partial charge in [-0.1, -0.05) is 17.7 Å². The molecule has 0 aromatic carbocycles. The van der Waals surface area contributed by atoms with Crippen molar-refractivity contribution in [2.45, 2.75) is 13.3 Å². The summed E-state index contributed by atoms with van der Waals surface area (Å²) in [6.07, 6.45) is 7.15. The first-order valence-corrected chi connectivity index (χ1v) is 3.76. The molecule has 0 spiro atoms. The lowest BCUT2D eigenvalue weighted by atomic mass is 10.2.